The van der Waals surface area contributed by atoms with Crippen molar-refractivity contribution in [3.8, 4) is 0 Å². The van der Waals surface area contributed by atoms with Crippen molar-refractivity contribution in [3.63, 3.8) is 0 Å². The Hall–Kier alpha value is -0.280. The van der Waals surface area contributed by atoms with Gasteiger partial charge in [-0.05, 0) is 49.9 Å². The Morgan fingerprint density at radius 3 is 1.74 bits per heavy atom. The van der Waals surface area contributed by atoms with Crippen molar-refractivity contribution < 1.29 is 9.53 Å². The van der Waals surface area contributed by atoms with E-state index in [4.69, 9.17) is 16.3 Å². The predicted octanol–water partition coefficient (Wildman–Crippen LogP) is 9.55. The summed E-state index contributed by atoms with van der Waals surface area (Å²) in [6.45, 7) is 14.1. The molecule has 0 heterocycles. The second-order valence-corrected chi connectivity index (χ2v) is 13.3. The Morgan fingerprint density at radius 2 is 1.26 bits per heavy atom. The third-order valence-corrected chi connectivity index (χ3v) is 7.81. The van der Waals surface area contributed by atoms with E-state index < -0.39 is 0 Å². The highest BCUT2D eigenvalue weighted by Gasteiger charge is 2.47. The zero-order chi connectivity index (χ0) is 25.5. The average Bonchev–Trinajstić information content (AvgIpc) is 2.71. The molecule has 3 nitrogen and oxygen atoms in total. The maximum atomic E-state index is 12.2. The predicted molar refractivity (Wildman–Crippen MR) is 148 cm³/mol. The Morgan fingerprint density at radius 1 is 0.794 bits per heavy atom. The molecule has 1 atom stereocenters. The van der Waals surface area contributed by atoms with Gasteiger partial charge in [-0.15, -0.1) is 11.6 Å². The van der Waals surface area contributed by atoms with Gasteiger partial charge in [-0.1, -0.05) is 112 Å². The molecule has 0 spiro atoms. The van der Waals surface area contributed by atoms with Crippen LogP contribution in [0, 0.1) is 10.8 Å². The van der Waals surface area contributed by atoms with Gasteiger partial charge in [-0.3, -0.25) is 10.1 Å². The quantitative estimate of drug-likeness (QED) is 0.0831. The Bertz CT molecular complexity index is 530. The van der Waals surface area contributed by atoms with Crippen molar-refractivity contribution in [1.82, 2.24) is 5.32 Å². The van der Waals surface area contributed by atoms with Gasteiger partial charge in [0.2, 0.25) is 0 Å². The molecule has 0 saturated heterocycles. The molecule has 0 amide bonds. The van der Waals surface area contributed by atoms with Crippen LogP contribution in [0.15, 0.2) is 0 Å². The van der Waals surface area contributed by atoms with Crippen LogP contribution in [-0.2, 0) is 9.53 Å². The topological polar surface area (TPSA) is 38.3 Å². The average molecular weight is 500 g/mol. The summed E-state index contributed by atoms with van der Waals surface area (Å²) in [6, 6.07) is 0. The number of halogens is 1. The van der Waals surface area contributed by atoms with E-state index in [2.05, 4.69) is 39.9 Å². The number of unbranched alkanes of at least 4 members (excludes halogenated alkanes) is 11. The van der Waals surface area contributed by atoms with Crippen molar-refractivity contribution in [1.29, 1.82) is 0 Å². The van der Waals surface area contributed by atoms with Gasteiger partial charge >= 0.3 is 5.97 Å². The third-order valence-electron chi connectivity index (χ3n) is 7.48. The molecule has 4 heteroatoms. The fourth-order valence-electron chi connectivity index (χ4n) is 6.81. The van der Waals surface area contributed by atoms with Gasteiger partial charge in [0.15, 0.2) is 0 Å². The van der Waals surface area contributed by atoms with Crippen molar-refractivity contribution in [2.45, 2.75) is 168 Å². The molecule has 0 radical (unpaired) electrons. The van der Waals surface area contributed by atoms with Crippen LogP contribution in [0.5, 0.6) is 0 Å². The smallest absolute Gasteiger partial charge is 0.305 e. The lowest BCUT2D eigenvalue weighted by Crippen LogP contribution is -2.57. The maximum absolute atomic E-state index is 12.2. The lowest BCUT2D eigenvalue weighted by atomic mass is 9.57. The van der Waals surface area contributed by atoms with Gasteiger partial charge in [0.1, 0.15) is 0 Å². The third kappa shape index (κ3) is 14.3. The zero-order valence-electron chi connectivity index (χ0n) is 23.7. The van der Waals surface area contributed by atoms with E-state index in [1.165, 1.54) is 83.5 Å². The minimum atomic E-state index is -0.0957. The highest BCUT2D eigenvalue weighted by atomic mass is 35.5. The minimum Gasteiger partial charge on any atom is -0.466 e. The van der Waals surface area contributed by atoms with E-state index in [-0.39, 0.29) is 27.8 Å². The lowest BCUT2D eigenvalue weighted by Gasteiger charge is -2.53. The number of esters is 1. The Kier molecular flexibility index (Phi) is 15.4. The number of hydrogen-bond donors (Lipinski definition) is 1. The van der Waals surface area contributed by atoms with Crippen molar-refractivity contribution in [2.24, 2.45) is 10.8 Å². The molecular weight excluding hydrogens is 442 g/mol. The van der Waals surface area contributed by atoms with E-state index in [9.17, 15) is 4.79 Å². The second-order valence-electron chi connectivity index (χ2n) is 12.7. The van der Waals surface area contributed by atoms with E-state index in [0.29, 0.717) is 13.0 Å². The molecule has 1 aliphatic carbocycles. The molecule has 1 N–H and O–H groups in total. The maximum Gasteiger partial charge on any atom is 0.305 e. The van der Waals surface area contributed by atoms with Crippen molar-refractivity contribution in [2.75, 3.05) is 6.61 Å². The first kappa shape index (κ1) is 31.7. The number of carbonyl (C=O) groups excluding carboxylic acids is 1. The number of rotatable bonds is 19. The van der Waals surface area contributed by atoms with Crippen LogP contribution in [0.3, 0.4) is 0 Å². The van der Waals surface area contributed by atoms with Gasteiger partial charge in [0.25, 0.3) is 0 Å². The van der Waals surface area contributed by atoms with Gasteiger partial charge in [0.05, 0.1) is 12.1 Å². The van der Waals surface area contributed by atoms with Crippen LogP contribution in [0.25, 0.3) is 0 Å². The van der Waals surface area contributed by atoms with Crippen molar-refractivity contribution in [3.05, 3.63) is 0 Å². The van der Waals surface area contributed by atoms with E-state index >= 15 is 0 Å². The molecule has 0 aromatic carbocycles. The standard InChI is InChI=1S/C30H58ClNO2/c1-7-9-10-11-12-13-14-15-16-17-18-19-20-26(31)32-30(22-21-27(33)34-8-2)24-28(3,4)23-29(5,6)25-30/h26,32H,7-25H2,1-6H3. The first-order valence-corrected chi connectivity index (χ1v) is 15.0. The van der Waals surface area contributed by atoms with E-state index in [1.807, 2.05) is 6.92 Å². The van der Waals surface area contributed by atoms with Crippen LogP contribution < -0.4 is 5.32 Å². The molecule has 1 saturated carbocycles. The van der Waals surface area contributed by atoms with E-state index in [0.717, 1.165) is 25.7 Å². The minimum absolute atomic E-state index is 0.0324. The first-order chi connectivity index (χ1) is 16.0. The number of ether oxygens (including phenoxy) is 1. The zero-order valence-corrected chi connectivity index (χ0v) is 24.5. The van der Waals surface area contributed by atoms with Gasteiger partial charge in [-0.2, -0.15) is 0 Å². The van der Waals surface area contributed by atoms with Gasteiger partial charge in [0, 0.05) is 12.0 Å². The normalized spacial score (nSPS) is 19.6. The molecule has 0 aliphatic heterocycles. The van der Waals surface area contributed by atoms with Crippen molar-refractivity contribution >= 4 is 17.6 Å². The van der Waals surface area contributed by atoms with Crippen LogP contribution in [0.4, 0.5) is 0 Å². The Balaban J connectivity index is 2.39. The number of alkyl halides is 1. The summed E-state index contributed by atoms with van der Waals surface area (Å²) in [6.07, 6.45) is 21.9. The van der Waals surface area contributed by atoms with Gasteiger partial charge in [-0.25, -0.2) is 0 Å². The summed E-state index contributed by atoms with van der Waals surface area (Å²) in [5, 5.41) is 3.84. The number of hydrogen-bond acceptors (Lipinski definition) is 3. The van der Waals surface area contributed by atoms with Crippen LogP contribution in [0.2, 0.25) is 0 Å². The highest BCUT2D eigenvalue weighted by molar-refractivity contribution is 6.20. The highest BCUT2D eigenvalue weighted by Crippen LogP contribution is 2.51. The summed E-state index contributed by atoms with van der Waals surface area (Å²) < 4.78 is 5.24. The second kappa shape index (κ2) is 16.5. The van der Waals surface area contributed by atoms with Crippen LogP contribution in [0.1, 0.15) is 157 Å². The molecule has 1 rings (SSSR count). The monoisotopic (exact) mass is 499 g/mol. The first-order valence-electron chi connectivity index (χ1n) is 14.6. The SMILES string of the molecule is CCCCCCCCCCCCCCC(Cl)NC1(CCC(=O)OCC)CC(C)(C)CC(C)(C)C1. The summed E-state index contributed by atoms with van der Waals surface area (Å²) in [4.78, 5) is 12.2. The number of carbonyl (C=O) groups is 1. The van der Waals surface area contributed by atoms with Crippen LogP contribution >= 0.6 is 11.6 Å². The Labute approximate surface area is 217 Å². The molecular formula is C30H58ClNO2. The fourth-order valence-corrected chi connectivity index (χ4v) is 7.20. The summed E-state index contributed by atoms with van der Waals surface area (Å²) in [5.41, 5.74) is 0.336. The molecule has 1 unspecified atom stereocenters. The molecule has 1 aliphatic rings. The summed E-state index contributed by atoms with van der Waals surface area (Å²) in [5.74, 6) is -0.0862. The van der Waals surface area contributed by atoms with Gasteiger partial charge < -0.3 is 4.74 Å². The fraction of sp³-hybridized carbons (Fsp3) is 0.967. The molecule has 0 aromatic heterocycles. The van der Waals surface area contributed by atoms with E-state index in [1.54, 1.807) is 0 Å². The molecule has 202 valence electrons. The summed E-state index contributed by atoms with van der Waals surface area (Å²) >= 11 is 6.87. The summed E-state index contributed by atoms with van der Waals surface area (Å²) in [7, 11) is 0. The van der Waals surface area contributed by atoms with Crippen LogP contribution in [-0.4, -0.2) is 23.6 Å². The molecule has 34 heavy (non-hydrogen) atoms. The largest absolute Gasteiger partial charge is 0.466 e. The lowest BCUT2D eigenvalue weighted by molar-refractivity contribution is -0.144. The molecule has 0 bridgehead atoms. The molecule has 0 aromatic rings. The molecule has 1 fully saturated rings. The number of nitrogens with one attached hydrogen (secondary N) is 1.